The fourth-order valence-corrected chi connectivity index (χ4v) is 13.7. The average molecular weight is 835 g/mol. The van der Waals surface area contributed by atoms with Crippen molar-refractivity contribution in [2.45, 2.75) is 19.3 Å². The van der Waals surface area contributed by atoms with Crippen molar-refractivity contribution >= 4 is 106 Å². The van der Waals surface area contributed by atoms with Gasteiger partial charge in [0.15, 0.2) is 0 Å². The Labute approximate surface area is 372 Å². The van der Waals surface area contributed by atoms with Crippen LogP contribution in [0.4, 0.5) is 0 Å². The highest BCUT2D eigenvalue weighted by atomic mass is 32.1. The third kappa shape index (κ3) is 4.97. The van der Waals surface area contributed by atoms with E-state index >= 15 is 0 Å². The lowest BCUT2D eigenvalue weighted by Crippen LogP contribution is -2.15. The first-order valence-electron chi connectivity index (χ1n) is 21.9. The van der Waals surface area contributed by atoms with Crippen LogP contribution in [-0.4, -0.2) is 0 Å². The predicted octanol–water partition coefficient (Wildman–Crippen LogP) is 18.3. The molecule has 0 nitrogen and oxygen atoms in total. The van der Waals surface area contributed by atoms with Crippen molar-refractivity contribution in [2.75, 3.05) is 0 Å². The quantitative estimate of drug-likeness (QED) is 0.156. The molecule has 11 aromatic carbocycles. The van der Waals surface area contributed by atoms with Gasteiger partial charge in [-0.2, -0.15) is 0 Å². The Morgan fingerprint density at radius 2 is 0.905 bits per heavy atom. The van der Waals surface area contributed by atoms with Gasteiger partial charge < -0.3 is 0 Å². The van der Waals surface area contributed by atoms with E-state index in [1.807, 2.05) is 22.7 Å². The molecule has 2 heterocycles. The first kappa shape index (κ1) is 35.5. The van der Waals surface area contributed by atoms with E-state index in [2.05, 4.69) is 208 Å². The van der Waals surface area contributed by atoms with Gasteiger partial charge in [0.05, 0.1) is 0 Å². The largest absolute Gasteiger partial charge is 0.135 e. The standard InChI is InChI=1S/C61H38S2/c1-61(2)52-29-26-37(41-22-12-24-48-50-33-56-51(34-55(50)63-60(41)48)59-40-17-6-4-14-36(40)27-30-54(59)62-56)31-49(52)42-28-25-38(32-53(42)61)57-44-18-7-9-20-46(44)58(47-21-10-8-19-45(47)57)43-23-11-15-35-13-3-5-16-39(35)43/h3-34H,1-2H3. The molecule has 14 rings (SSSR count). The Kier molecular flexibility index (Phi) is 7.31. The maximum absolute atomic E-state index is 2.51. The van der Waals surface area contributed by atoms with Gasteiger partial charge in [-0.1, -0.05) is 178 Å². The summed E-state index contributed by atoms with van der Waals surface area (Å²) in [5, 5.41) is 15.8. The lowest BCUT2D eigenvalue weighted by molar-refractivity contribution is 0.660. The molecule has 2 heteroatoms. The fraction of sp³-hybridized carbons (Fsp3) is 0.0492. The zero-order valence-corrected chi connectivity index (χ0v) is 36.4. The van der Waals surface area contributed by atoms with Crippen LogP contribution in [0.3, 0.4) is 0 Å². The van der Waals surface area contributed by atoms with Gasteiger partial charge in [-0.05, 0) is 129 Å². The molecule has 1 aliphatic rings. The molecule has 0 N–H and O–H groups in total. The Balaban J connectivity index is 0.922. The monoisotopic (exact) mass is 834 g/mol. The normalized spacial score (nSPS) is 13.4. The van der Waals surface area contributed by atoms with E-state index in [1.54, 1.807) is 0 Å². The summed E-state index contributed by atoms with van der Waals surface area (Å²) in [7, 11) is 0. The van der Waals surface area contributed by atoms with E-state index in [0.717, 1.165) is 0 Å². The number of rotatable bonds is 3. The topological polar surface area (TPSA) is 0 Å². The van der Waals surface area contributed by atoms with Gasteiger partial charge in [-0.15, -0.1) is 22.7 Å². The van der Waals surface area contributed by atoms with E-state index in [1.165, 1.54) is 139 Å². The van der Waals surface area contributed by atoms with Crippen molar-refractivity contribution in [1.82, 2.24) is 0 Å². The van der Waals surface area contributed by atoms with E-state index in [4.69, 9.17) is 0 Å². The number of fused-ring (bicyclic) bond motifs is 14. The Hall–Kier alpha value is -7.10. The summed E-state index contributed by atoms with van der Waals surface area (Å²) in [6.45, 7) is 4.82. The molecule has 13 aromatic rings. The lowest BCUT2D eigenvalue weighted by atomic mass is 9.80. The van der Waals surface area contributed by atoms with Crippen molar-refractivity contribution in [3.8, 4) is 44.5 Å². The third-order valence-corrected chi connectivity index (χ3v) is 16.6. The van der Waals surface area contributed by atoms with Crippen molar-refractivity contribution in [2.24, 2.45) is 0 Å². The second-order valence-electron chi connectivity index (χ2n) is 17.9. The van der Waals surface area contributed by atoms with Crippen LogP contribution in [0.5, 0.6) is 0 Å². The van der Waals surface area contributed by atoms with Crippen LogP contribution in [0.15, 0.2) is 194 Å². The maximum Gasteiger partial charge on any atom is 0.0433 e. The molecule has 0 saturated heterocycles. The highest BCUT2D eigenvalue weighted by Gasteiger charge is 2.36. The number of hydrogen-bond acceptors (Lipinski definition) is 2. The van der Waals surface area contributed by atoms with E-state index in [9.17, 15) is 0 Å². The van der Waals surface area contributed by atoms with Gasteiger partial charge in [-0.25, -0.2) is 0 Å². The molecule has 0 atom stereocenters. The third-order valence-electron chi connectivity index (χ3n) is 14.2. The van der Waals surface area contributed by atoms with Crippen molar-refractivity contribution in [3.05, 3.63) is 205 Å². The van der Waals surface area contributed by atoms with Crippen LogP contribution in [0, 0.1) is 0 Å². The molecule has 294 valence electrons. The maximum atomic E-state index is 2.51. The number of thiophene rings is 2. The zero-order valence-electron chi connectivity index (χ0n) is 34.8. The SMILES string of the molecule is CC1(C)c2ccc(-c3cccc4c3sc3cc5c(cc34)sc3ccc4ccccc4c35)cc2-c2ccc(-c3c4ccccc4c(-c4cccc5ccccc45)c4ccccc34)cc21. The zero-order chi connectivity index (χ0) is 41.6. The summed E-state index contributed by atoms with van der Waals surface area (Å²) in [6, 6.07) is 73.3. The summed E-state index contributed by atoms with van der Waals surface area (Å²) in [6.07, 6.45) is 0. The molecule has 1 aliphatic carbocycles. The summed E-state index contributed by atoms with van der Waals surface area (Å²) < 4.78 is 5.42. The molecular weight excluding hydrogens is 797 g/mol. The van der Waals surface area contributed by atoms with Gasteiger partial charge in [0.25, 0.3) is 0 Å². The fourth-order valence-electron chi connectivity index (χ4n) is 11.3. The van der Waals surface area contributed by atoms with E-state index in [0.29, 0.717) is 0 Å². The number of benzene rings is 11. The summed E-state index contributed by atoms with van der Waals surface area (Å²) in [5.41, 5.74) is 13.0. The van der Waals surface area contributed by atoms with Gasteiger partial charge in [-0.3, -0.25) is 0 Å². The molecule has 63 heavy (non-hydrogen) atoms. The van der Waals surface area contributed by atoms with Gasteiger partial charge in [0, 0.05) is 45.8 Å². The summed E-state index contributed by atoms with van der Waals surface area (Å²) in [5.74, 6) is 0. The Morgan fingerprint density at radius 1 is 0.317 bits per heavy atom. The van der Waals surface area contributed by atoms with Crippen LogP contribution >= 0.6 is 22.7 Å². The first-order chi connectivity index (χ1) is 31.0. The van der Waals surface area contributed by atoms with Crippen LogP contribution in [0.2, 0.25) is 0 Å². The molecule has 0 saturated carbocycles. The van der Waals surface area contributed by atoms with Crippen LogP contribution in [0.1, 0.15) is 25.0 Å². The molecule has 2 aromatic heterocycles. The minimum atomic E-state index is -0.157. The minimum absolute atomic E-state index is 0.157. The molecular formula is C61H38S2. The lowest BCUT2D eigenvalue weighted by Gasteiger charge is -2.23. The highest BCUT2D eigenvalue weighted by Crippen LogP contribution is 2.53. The Bertz CT molecular complexity index is 4060. The van der Waals surface area contributed by atoms with Crippen LogP contribution in [0.25, 0.3) is 128 Å². The molecule has 0 amide bonds. The van der Waals surface area contributed by atoms with Crippen LogP contribution < -0.4 is 0 Å². The predicted molar refractivity (Wildman–Crippen MR) is 276 cm³/mol. The second-order valence-corrected chi connectivity index (χ2v) is 20.0. The van der Waals surface area contributed by atoms with Gasteiger partial charge >= 0.3 is 0 Å². The Morgan fingerprint density at radius 3 is 1.68 bits per heavy atom. The van der Waals surface area contributed by atoms with Crippen molar-refractivity contribution in [3.63, 3.8) is 0 Å². The average Bonchev–Trinajstić information content (AvgIpc) is 3.96. The summed E-state index contributed by atoms with van der Waals surface area (Å²) in [4.78, 5) is 0. The molecule has 0 aliphatic heterocycles. The minimum Gasteiger partial charge on any atom is -0.135 e. The molecule has 0 bridgehead atoms. The van der Waals surface area contributed by atoms with E-state index < -0.39 is 0 Å². The van der Waals surface area contributed by atoms with E-state index in [-0.39, 0.29) is 5.41 Å². The van der Waals surface area contributed by atoms with Crippen molar-refractivity contribution in [1.29, 1.82) is 0 Å². The van der Waals surface area contributed by atoms with Gasteiger partial charge in [0.1, 0.15) is 0 Å². The molecule has 0 radical (unpaired) electrons. The van der Waals surface area contributed by atoms with Gasteiger partial charge in [0.2, 0.25) is 0 Å². The smallest absolute Gasteiger partial charge is 0.0433 e. The van der Waals surface area contributed by atoms with Crippen LogP contribution in [-0.2, 0) is 5.41 Å². The molecule has 0 spiro atoms. The number of hydrogen-bond donors (Lipinski definition) is 0. The van der Waals surface area contributed by atoms with Crippen molar-refractivity contribution < 1.29 is 0 Å². The first-order valence-corrected chi connectivity index (χ1v) is 23.5. The molecule has 0 unspecified atom stereocenters. The summed E-state index contributed by atoms with van der Waals surface area (Å²) >= 11 is 3.86. The second kappa shape index (κ2) is 13.0. The molecule has 0 fully saturated rings. The highest BCUT2D eigenvalue weighted by molar-refractivity contribution is 7.28.